The number of nitrogens with zero attached hydrogens (tertiary/aromatic N) is 8. The fourth-order valence-electron chi connectivity index (χ4n) is 13.3. The lowest BCUT2D eigenvalue weighted by Crippen LogP contribution is -2.76. The summed E-state index contributed by atoms with van der Waals surface area (Å²) in [6.45, 7) is 2.37. The van der Waals surface area contributed by atoms with E-state index in [-0.39, 0.29) is 0 Å². The van der Waals surface area contributed by atoms with Gasteiger partial charge in [0.2, 0.25) is 0 Å². The molecule has 0 saturated heterocycles. The molecule has 0 bridgehead atoms. The van der Waals surface area contributed by atoms with Gasteiger partial charge in [-0.15, -0.1) is 0 Å². The third kappa shape index (κ3) is 6.04. The number of aromatic nitrogens is 8. The minimum Gasteiger partial charge on any atom is -0.307 e. The van der Waals surface area contributed by atoms with Crippen LogP contribution in [0.15, 0.2) is 261 Å². The van der Waals surface area contributed by atoms with Gasteiger partial charge in [0.15, 0.2) is 8.07 Å². The zero-order valence-corrected chi connectivity index (χ0v) is 43.4. The summed E-state index contributed by atoms with van der Waals surface area (Å²) < 4.78 is 10.2. The van der Waals surface area contributed by atoms with E-state index in [1.165, 1.54) is 20.7 Å². The van der Waals surface area contributed by atoms with Gasteiger partial charge in [0.05, 0.1) is 88.9 Å². The van der Waals surface area contributed by atoms with Crippen molar-refractivity contribution in [1.29, 1.82) is 0 Å². The second kappa shape index (κ2) is 17.2. The van der Waals surface area contributed by atoms with Crippen molar-refractivity contribution < 1.29 is 0 Å². The molecule has 0 radical (unpaired) electrons. The van der Waals surface area contributed by atoms with E-state index in [0.29, 0.717) is 0 Å². The number of fused-ring (bicyclic) bond motifs is 12. The third-order valence-electron chi connectivity index (χ3n) is 16.2. The average Bonchev–Trinajstić information content (AvgIpc) is 4.40. The molecule has 9 heteroatoms. The molecule has 8 aromatic heterocycles. The lowest BCUT2D eigenvalue weighted by molar-refractivity contribution is 1.02. The van der Waals surface area contributed by atoms with Crippen molar-refractivity contribution >= 4 is 117 Å². The van der Waals surface area contributed by atoms with Crippen molar-refractivity contribution in [3.63, 3.8) is 0 Å². The van der Waals surface area contributed by atoms with Crippen molar-refractivity contribution in [3.8, 4) is 22.7 Å². The zero-order chi connectivity index (χ0) is 51.5. The second-order valence-corrected chi connectivity index (χ2v) is 23.9. The van der Waals surface area contributed by atoms with Crippen LogP contribution in [0.4, 0.5) is 0 Å². The Labute approximate surface area is 449 Å². The summed E-state index contributed by atoms with van der Waals surface area (Å²) in [7, 11) is -3.71. The molecule has 0 saturated carbocycles. The summed E-state index contributed by atoms with van der Waals surface area (Å²) in [6, 6.07) is 86.6. The first-order chi connectivity index (χ1) is 38.7. The maximum absolute atomic E-state index is 5.29. The van der Waals surface area contributed by atoms with Crippen molar-refractivity contribution in [2.45, 2.75) is 6.92 Å². The molecule has 16 rings (SSSR count). The number of hydrogen-bond donors (Lipinski definition) is 0. The summed E-state index contributed by atoms with van der Waals surface area (Å²) in [5, 5.41) is 9.19. The van der Waals surface area contributed by atoms with Gasteiger partial charge in [0.1, 0.15) is 0 Å². The minimum atomic E-state index is -3.71. The first-order valence-electron chi connectivity index (χ1n) is 26.5. The predicted molar refractivity (Wildman–Crippen MR) is 323 cm³/mol. The van der Waals surface area contributed by atoms with Crippen LogP contribution < -0.4 is 20.7 Å². The number of rotatable bonds is 8. The molecule has 0 atom stereocenters. The molecule has 8 aromatic carbocycles. The van der Waals surface area contributed by atoms with Crippen LogP contribution in [0.1, 0.15) is 5.56 Å². The maximum Gasteiger partial charge on any atom is 0.184 e. The number of benzene rings is 8. The highest BCUT2D eigenvalue weighted by Crippen LogP contribution is 2.46. The molecule has 8 heterocycles. The normalized spacial score (nSPS) is 12.2. The summed E-state index contributed by atoms with van der Waals surface area (Å²) in [5.74, 6) is 0. The van der Waals surface area contributed by atoms with E-state index in [4.69, 9.17) is 19.9 Å². The van der Waals surface area contributed by atoms with E-state index >= 15 is 0 Å². The molecule has 0 amide bonds. The van der Waals surface area contributed by atoms with Crippen molar-refractivity contribution in [1.82, 2.24) is 38.2 Å². The predicted octanol–water partition coefficient (Wildman–Crippen LogP) is 13.3. The van der Waals surface area contributed by atoms with Gasteiger partial charge >= 0.3 is 0 Å². The Morgan fingerprint density at radius 1 is 0.256 bits per heavy atom. The third-order valence-corrected chi connectivity index (χ3v) is 21.1. The van der Waals surface area contributed by atoms with Crippen molar-refractivity contribution in [2.75, 3.05) is 0 Å². The molecule has 16 aromatic rings. The van der Waals surface area contributed by atoms with Crippen LogP contribution in [0, 0.1) is 6.92 Å². The second-order valence-electron chi connectivity index (χ2n) is 20.1. The molecule has 78 heavy (non-hydrogen) atoms. The monoisotopic (exact) mass is 1010 g/mol. The lowest BCUT2D eigenvalue weighted by atomic mass is 10.0. The maximum atomic E-state index is 5.29. The van der Waals surface area contributed by atoms with Crippen LogP contribution in [0.3, 0.4) is 0 Å². The molecule has 0 unspecified atom stereocenters. The van der Waals surface area contributed by atoms with E-state index in [2.05, 4.69) is 262 Å². The fraction of sp³-hybridized carbons (Fsp3) is 0.0145. The Bertz CT molecular complexity index is 4740. The number of hydrogen-bond acceptors (Lipinski definition) is 4. The van der Waals surface area contributed by atoms with Gasteiger partial charge in [-0.25, -0.2) is 0 Å². The highest BCUT2D eigenvalue weighted by molar-refractivity contribution is 7.20. The summed E-state index contributed by atoms with van der Waals surface area (Å²) in [4.78, 5) is 21.0. The highest BCUT2D eigenvalue weighted by atomic mass is 28.3. The lowest BCUT2D eigenvalue weighted by Gasteiger charge is -2.40. The average molecular weight is 1020 g/mol. The number of para-hydroxylation sites is 4. The Kier molecular flexibility index (Phi) is 9.70. The molecule has 0 aliphatic heterocycles. The molecule has 0 aliphatic rings. The molecule has 366 valence electrons. The van der Waals surface area contributed by atoms with Crippen LogP contribution in [0.2, 0.25) is 0 Å². The molecule has 0 fully saturated rings. The number of pyridine rings is 4. The Hall–Kier alpha value is -10.2. The summed E-state index contributed by atoms with van der Waals surface area (Å²) >= 11 is 0. The van der Waals surface area contributed by atoms with Gasteiger partial charge in [-0.1, -0.05) is 164 Å². The smallest absolute Gasteiger partial charge is 0.184 e. The van der Waals surface area contributed by atoms with Gasteiger partial charge in [-0.2, -0.15) is 0 Å². The van der Waals surface area contributed by atoms with Gasteiger partial charge in [-0.3, -0.25) is 19.9 Å². The molecule has 0 aliphatic carbocycles. The van der Waals surface area contributed by atoms with Gasteiger partial charge in [0, 0.05) is 51.5 Å². The molecular formula is C69H46N8Si. The van der Waals surface area contributed by atoms with Crippen molar-refractivity contribution in [3.05, 3.63) is 267 Å². The Morgan fingerprint density at radius 2 is 0.526 bits per heavy atom. The van der Waals surface area contributed by atoms with Crippen LogP contribution in [-0.4, -0.2) is 46.3 Å². The van der Waals surface area contributed by atoms with E-state index < -0.39 is 8.07 Å². The van der Waals surface area contributed by atoms with Gasteiger partial charge in [-0.05, 0) is 101 Å². The molecule has 8 nitrogen and oxygen atoms in total. The minimum absolute atomic E-state index is 0.922. The SMILES string of the molecule is Cc1c(-n2c3ccccc3c3ncccc32)c(-n2c3ccccc3c3ncccc32)c(-n2c3ccccc3c3ncccc32)c([Si](c2ccccc2)(c2ccccc2)c2ccccc2)c1-n1c2ccccc2c2ncccc21. The first-order valence-corrected chi connectivity index (χ1v) is 28.5. The summed E-state index contributed by atoms with van der Waals surface area (Å²) in [6.07, 6.45) is 7.70. The van der Waals surface area contributed by atoms with Crippen LogP contribution in [0.25, 0.3) is 110 Å². The van der Waals surface area contributed by atoms with Gasteiger partial charge < -0.3 is 18.3 Å². The molecular weight excluding hydrogens is 969 g/mol. The summed E-state index contributed by atoms with van der Waals surface area (Å²) in [5.41, 5.74) is 17.1. The van der Waals surface area contributed by atoms with Gasteiger partial charge in [0.25, 0.3) is 0 Å². The topological polar surface area (TPSA) is 71.3 Å². The van der Waals surface area contributed by atoms with Crippen molar-refractivity contribution in [2.24, 2.45) is 0 Å². The fourth-order valence-corrected chi connectivity index (χ4v) is 18.4. The van der Waals surface area contributed by atoms with E-state index in [1.54, 1.807) is 0 Å². The quantitative estimate of drug-likeness (QED) is 0.112. The standard InChI is InChI=1S/C69H46N8Si/c1-45-65(74-53-33-15-11-29-49(53)61-57(74)37-19-41-70-61)67(76-55-35-17-13-31-51(55)63-59(76)39-21-43-72-63)68(77-56-36-18-14-32-52(56)64-60(77)40-22-44-73-64)69(66(45)75-54-34-16-12-30-50(54)62-58(75)38-20-42-71-62)78(46-23-5-2-6-24-46,47-25-7-3-8-26-47)48-27-9-4-10-28-48/h2-44H,1H3. The Balaban J connectivity index is 1.32. The largest absolute Gasteiger partial charge is 0.307 e. The Morgan fingerprint density at radius 3 is 0.872 bits per heavy atom. The van der Waals surface area contributed by atoms with Crippen LogP contribution in [-0.2, 0) is 0 Å². The zero-order valence-electron chi connectivity index (χ0n) is 42.4. The molecule has 0 N–H and O–H groups in total. The molecule has 0 spiro atoms. The van der Waals surface area contributed by atoms with Crippen LogP contribution >= 0.6 is 0 Å². The van der Waals surface area contributed by atoms with Crippen LogP contribution in [0.5, 0.6) is 0 Å². The van der Waals surface area contributed by atoms with E-state index in [0.717, 1.165) is 116 Å². The van der Waals surface area contributed by atoms with E-state index in [9.17, 15) is 0 Å². The highest BCUT2D eigenvalue weighted by Gasteiger charge is 2.48. The first kappa shape index (κ1) is 44.1. The van der Waals surface area contributed by atoms with E-state index in [1.807, 2.05) is 24.8 Å².